The Kier molecular flexibility index (Phi) is 9.49. The molecule has 0 bridgehead atoms. The maximum atomic E-state index is 11.9. The van der Waals surface area contributed by atoms with Crippen LogP contribution in [0.2, 0.25) is 0 Å². The van der Waals surface area contributed by atoms with E-state index in [0.29, 0.717) is 37.8 Å². The van der Waals surface area contributed by atoms with Crippen LogP contribution in [0, 0.1) is 0 Å². The first-order valence-corrected chi connectivity index (χ1v) is 8.12. The summed E-state index contributed by atoms with van der Waals surface area (Å²) in [6.07, 6.45) is 0.755. The van der Waals surface area contributed by atoms with Crippen molar-refractivity contribution in [2.45, 2.75) is 6.42 Å². The van der Waals surface area contributed by atoms with Gasteiger partial charge in [-0.15, -0.1) is 24.0 Å². The molecule has 2 rings (SSSR count). The van der Waals surface area contributed by atoms with Crippen LogP contribution in [0.1, 0.15) is 16.8 Å². The van der Waals surface area contributed by atoms with Crippen molar-refractivity contribution in [1.82, 2.24) is 10.2 Å². The van der Waals surface area contributed by atoms with Crippen molar-refractivity contribution in [2.75, 3.05) is 39.4 Å². The zero-order valence-corrected chi connectivity index (χ0v) is 16.7. The lowest BCUT2D eigenvalue weighted by Crippen LogP contribution is -2.44. The molecule has 0 spiro atoms. The van der Waals surface area contributed by atoms with Gasteiger partial charge in [0.2, 0.25) is 0 Å². The summed E-state index contributed by atoms with van der Waals surface area (Å²) in [5.41, 5.74) is 6.57. The van der Waals surface area contributed by atoms with Crippen molar-refractivity contribution in [3.8, 4) is 0 Å². The fourth-order valence-corrected chi connectivity index (χ4v) is 2.50. The van der Waals surface area contributed by atoms with Gasteiger partial charge in [0.1, 0.15) is 0 Å². The molecular formula is C15H22BrIN4O2. The first-order chi connectivity index (χ1) is 10.7. The molecular weight excluding hydrogens is 475 g/mol. The summed E-state index contributed by atoms with van der Waals surface area (Å²) in [5.74, 6) is 0.480. The minimum Gasteiger partial charge on any atom is -0.378 e. The van der Waals surface area contributed by atoms with Gasteiger partial charge in [0.05, 0.1) is 13.2 Å². The standard InChI is InChI=1S/C15H21BrN4O2.HI/c16-13-4-1-3-12(11-13)14(21)18-5-2-6-19-15(17)20-7-9-22-10-8-20;/h1,3-4,11H,2,5-10H2,(H2,17,19)(H,18,21);1H. The fraction of sp³-hybridized carbons (Fsp3) is 0.467. The van der Waals surface area contributed by atoms with Crippen LogP contribution < -0.4 is 11.1 Å². The SMILES string of the molecule is I.NC(=NCCCNC(=O)c1cccc(Br)c1)N1CCOCC1. The number of carbonyl (C=O) groups is 1. The van der Waals surface area contributed by atoms with Gasteiger partial charge in [-0.1, -0.05) is 22.0 Å². The number of benzene rings is 1. The molecule has 6 nitrogen and oxygen atoms in total. The van der Waals surface area contributed by atoms with Gasteiger partial charge in [0.15, 0.2) is 5.96 Å². The predicted molar refractivity (Wildman–Crippen MR) is 105 cm³/mol. The van der Waals surface area contributed by atoms with Crippen molar-refractivity contribution >= 4 is 51.8 Å². The van der Waals surface area contributed by atoms with Gasteiger partial charge in [-0.05, 0) is 24.6 Å². The molecule has 0 radical (unpaired) electrons. The summed E-state index contributed by atoms with van der Waals surface area (Å²) < 4.78 is 6.16. The second-order valence-electron chi connectivity index (χ2n) is 4.96. The van der Waals surface area contributed by atoms with Crippen LogP contribution >= 0.6 is 39.9 Å². The molecule has 23 heavy (non-hydrogen) atoms. The first kappa shape index (κ1) is 20.2. The highest BCUT2D eigenvalue weighted by Crippen LogP contribution is 2.11. The highest BCUT2D eigenvalue weighted by Gasteiger charge is 2.11. The third-order valence-corrected chi connectivity index (χ3v) is 3.81. The molecule has 0 atom stereocenters. The minimum absolute atomic E-state index is 0. The van der Waals surface area contributed by atoms with Crippen LogP contribution in [-0.4, -0.2) is 56.2 Å². The molecule has 1 amide bonds. The maximum Gasteiger partial charge on any atom is 0.251 e. The lowest BCUT2D eigenvalue weighted by molar-refractivity contribution is 0.0674. The molecule has 1 fully saturated rings. The van der Waals surface area contributed by atoms with Gasteiger partial charge >= 0.3 is 0 Å². The van der Waals surface area contributed by atoms with Gasteiger partial charge in [0, 0.05) is 36.2 Å². The van der Waals surface area contributed by atoms with Crippen LogP contribution in [0.5, 0.6) is 0 Å². The number of ether oxygens (including phenoxy) is 1. The van der Waals surface area contributed by atoms with Crippen LogP contribution in [0.3, 0.4) is 0 Å². The van der Waals surface area contributed by atoms with Gasteiger partial charge in [-0.3, -0.25) is 9.79 Å². The zero-order chi connectivity index (χ0) is 15.8. The summed E-state index contributed by atoms with van der Waals surface area (Å²) in [5, 5.41) is 2.88. The molecule has 3 N–H and O–H groups in total. The van der Waals surface area contributed by atoms with E-state index in [2.05, 4.69) is 26.2 Å². The average Bonchev–Trinajstić information content (AvgIpc) is 2.55. The van der Waals surface area contributed by atoms with E-state index in [0.717, 1.165) is 24.0 Å². The van der Waals surface area contributed by atoms with E-state index in [1.807, 2.05) is 17.0 Å². The van der Waals surface area contributed by atoms with E-state index in [9.17, 15) is 4.79 Å². The predicted octanol–water partition coefficient (Wildman–Crippen LogP) is 1.83. The largest absolute Gasteiger partial charge is 0.378 e. The van der Waals surface area contributed by atoms with Crippen LogP contribution in [0.4, 0.5) is 0 Å². The van der Waals surface area contributed by atoms with E-state index in [1.165, 1.54) is 0 Å². The summed E-state index contributed by atoms with van der Waals surface area (Å²) in [4.78, 5) is 18.3. The smallest absolute Gasteiger partial charge is 0.251 e. The van der Waals surface area contributed by atoms with E-state index in [4.69, 9.17) is 10.5 Å². The molecule has 1 saturated heterocycles. The Morgan fingerprint density at radius 3 is 2.83 bits per heavy atom. The first-order valence-electron chi connectivity index (χ1n) is 7.33. The number of guanidine groups is 1. The Hall–Kier alpha value is -0.870. The Morgan fingerprint density at radius 2 is 2.13 bits per heavy atom. The number of hydrogen-bond donors (Lipinski definition) is 2. The minimum atomic E-state index is -0.0774. The van der Waals surface area contributed by atoms with Crippen molar-refractivity contribution in [3.05, 3.63) is 34.3 Å². The third-order valence-electron chi connectivity index (χ3n) is 3.32. The van der Waals surface area contributed by atoms with E-state index in [1.54, 1.807) is 12.1 Å². The number of nitrogens with one attached hydrogen (secondary N) is 1. The van der Waals surface area contributed by atoms with Crippen LogP contribution in [-0.2, 0) is 4.74 Å². The summed E-state index contributed by atoms with van der Waals surface area (Å²) in [6, 6.07) is 7.31. The summed E-state index contributed by atoms with van der Waals surface area (Å²) >= 11 is 3.35. The second kappa shape index (κ2) is 10.8. The second-order valence-corrected chi connectivity index (χ2v) is 5.87. The third kappa shape index (κ3) is 7.05. The Balaban J connectivity index is 0.00000264. The van der Waals surface area contributed by atoms with E-state index in [-0.39, 0.29) is 29.9 Å². The lowest BCUT2D eigenvalue weighted by Gasteiger charge is -2.27. The molecule has 8 heteroatoms. The van der Waals surface area contributed by atoms with E-state index >= 15 is 0 Å². The number of aliphatic imine (C=N–C) groups is 1. The lowest BCUT2D eigenvalue weighted by atomic mass is 10.2. The quantitative estimate of drug-likeness (QED) is 0.282. The molecule has 1 aromatic rings. The fourth-order valence-electron chi connectivity index (χ4n) is 2.10. The molecule has 128 valence electrons. The molecule has 1 aliphatic rings. The zero-order valence-electron chi connectivity index (χ0n) is 12.8. The van der Waals surface area contributed by atoms with Gasteiger partial charge in [-0.25, -0.2) is 0 Å². The van der Waals surface area contributed by atoms with Crippen molar-refractivity contribution in [2.24, 2.45) is 10.7 Å². The van der Waals surface area contributed by atoms with Crippen LogP contribution in [0.25, 0.3) is 0 Å². The summed E-state index contributed by atoms with van der Waals surface area (Å²) in [6.45, 7) is 4.13. The van der Waals surface area contributed by atoms with E-state index < -0.39 is 0 Å². The Morgan fingerprint density at radius 1 is 1.39 bits per heavy atom. The number of morpholine rings is 1. The Labute approximate surface area is 162 Å². The van der Waals surface area contributed by atoms with Crippen molar-refractivity contribution < 1.29 is 9.53 Å². The molecule has 0 aromatic heterocycles. The normalized spacial score (nSPS) is 15.0. The van der Waals surface area contributed by atoms with Crippen molar-refractivity contribution in [1.29, 1.82) is 0 Å². The molecule has 0 aliphatic carbocycles. The number of nitrogens with two attached hydrogens (primary N) is 1. The number of halogens is 2. The van der Waals surface area contributed by atoms with Gasteiger partial charge in [-0.2, -0.15) is 0 Å². The number of carbonyl (C=O) groups excluding carboxylic acids is 1. The monoisotopic (exact) mass is 496 g/mol. The van der Waals surface area contributed by atoms with Gasteiger partial charge in [0.25, 0.3) is 5.91 Å². The molecule has 0 unspecified atom stereocenters. The highest BCUT2D eigenvalue weighted by molar-refractivity contribution is 14.0. The molecule has 1 heterocycles. The number of hydrogen-bond acceptors (Lipinski definition) is 3. The summed E-state index contributed by atoms with van der Waals surface area (Å²) in [7, 11) is 0. The van der Waals surface area contributed by atoms with Crippen molar-refractivity contribution in [3.63, 3.8) is 0 Å². The molecule has 0 saturated carbocycles. The van der Waals surface area contributed by atoms with Crippen LogP contribution in [0.15, 0.2) is 33.7 Å². The Bertz CT molecular complexity index is 536. The maximum absolute atomic E-state index is 11.9. The number of amides is 1. The van der Waals surface area contributed by atoms with Gasteiger partial charge < -0.3 is 20.7 Å². The molecule has 1 aromatic carbocycles. The molecule has 1 aliphatic heterocycles. The number of rotatable bonds is 5. The number of nitrogens with zero attached hydrogens (tertiary/aromatic N) is 2. The topological polar surface area (TPSA) is 79.9 Å². The highest BCUT2D eigenvalue weighted by atomic mass is 127. The average molecular weight is 497 g/mol.